The molecule has 0 radical (unpaired) electrons. The van der Waals surface area contributed by atoms with Gasteiger partial charge in [0.15, 0.2) is 0 Å². The highest BCUT2D eigenvalue weighted by Gasteiger charge is 2.28. The molecule has 82 valence electrons. The smallest absolute Gasteiger partial charge is 0.232 e. The summed E-state index contributed by atoms with van der Waals surface area (Å²) in [5, 5.41) is 8.63. The fraction of sp³-hybridized carbons (Fsp3) is 0.300. The fourth-order valence-corrected chi connectivity index (χ4v) is 2.34. The topological polar surface area (TPSA) is 68.0 Å². The van der Waals surface area contributed by atoms with Crippen molar-refractivity contribution >= 4 is 17.2 Å². The van der Waals surface area contributed by atoms with Gasteiger partial charge >= 0.3 is 0 Å². The molecule has 0 saturated carbocycles. The summed E-state index contributed by atoms with van der Waals surface area (Å²) in [5.41, 5.74) is 0. The van der Waals surface area contributed by atoms with Crippen molar-refractivity contribution in [3.05, 3.63) is 23.4 Å². The SMILES string of the molecule is O=C1C[C@@H](c2nc(-c3cccs3)no2)CN1. The Hall–Kier alpha value is -1.69. The molecule has 1 N–H and O–H groups in total. The van der Waals surface area contributed by atoms with Crippen LogP contribution in [0, 0.1) is 0 Å². The molecule has 3 heterocycles. The Kier molecular flexibility index (Phi) is 2.21. The van der Waals surface area contributed by atoms with E-state index in [1.807, 2.05) is 17.5 Å². The highest BCUT2D eigenvalue weighted by atomic mass is 32.1. The van der Waals surface area contributed by atoms with Crippen molar-refractivity contribution in [2.45, 2.75) is 12.3 Å². The van der Waals surface area contributed by atoms with Crippen LogP contribution in [0.3, 0.4) is 0 Å². The van der Waals surface area contributed by atoms with Gasteiger partial charge in [-0.1, -0.05) is 11.2 Å². The van der Waals surface area contributed by atoms with Crippen LogP contribution in [0.15, 0.2) is 22.0 Å². The van der Waals surface area contributed by atoms with Crippen LogP contribution in [0.5, 0.6) is 0 Å². The van der Waals surface area contributed by atoms with Crippen molar-refractivity contribution < 1.29 is 9.32 Å². The number of amides is 1. The van der Waals surface area contributed by atoms with Crippen LogP contribution in [-0.4, -0.2) is 22.6 Å². The van der Waals surface area contributed by atoms with Crippen molar-refractivity contribution in [2.24, 2.45) is 0 Å². The molecule has 1 saturated heterocycles. The van der Waals surface area contributed by atoms with Crippen LogP contribution in [0.4, 0.5) is 0 Å². The molecule has 0 aliphatic carbocycles. The number of aromatic nitrogens is 2. The number of thiophene rings is 1. The Balaban J connectivity index is 1.85. The lowest BCUT2D eigenvalue weighted by molar-refractivity contribution is -0.119. The Bertz CT molecular complexity index is 506. The minimum atomic E-state index is 0.0220. The average molecular weight is 235 g/mol. The Morgan fingerprint density at radius 2 is 2.50 bits per heavy atom. The van der Waals surface area contributed by atoms with Gasteiger partial charge in [-0.25, -0.2) is 0 Å². The van der Waals surface area contributed by atoms with E-state index in [0.29, 0.717) is 24.7 Å². The van der Waals surface area contributed by atoms with E-state index in [1.54, 1.807) is 11.3 Å². The summed E-state index contributed by atoms with van der Waals surface area (Å²) in [5.74, 6) is 1.21. The molecule has 16 heavy (non-hydrogen) atoms. The van der Waals surface area contributed by atoms with Gasteiger partial charge in [-0.2, -0.15) is 4.98 Å². The third kappa shape index (κ3) is 1.61. The number of carbonyl (C=O) groups is 1. The number of rotatable bonds is 2. The van der Waals surface area contributed by atoms with Gasteiger partial charge in [0.25, 0.3) is 0 Å². The van der Waals surface area contributed by atoms with Crippen molar-refractivity contribution in [3.63, 3.8) is 0 Å². The molecule has 3 rings (SSSR count). The van der Waals surface area contributed by atoms with Crippen LogP contribution < -0.4 is 5.32 Å². The van der Waals surface area contributed by atoms with Crippen LogP contribution in [0.25, 0.3) is 10.7 Å². The largest absolute Gasteiger partial charge is 0.355 e. The number of hydrogen-bond acceptors (Lipinski definition) is 5. The molecule has 0 aromatic carbocycles. The van der Waals surface area contributed by atoms with Crippen molar-refractivity contribution in [1.29, 1.82) is 0 Å². The molecule has 1 aliphatic rings. The Morgan fingerprint density at radius 1 is 1.56 bits per heavy atom. The first-order valence-electron chi connectivity index (χ1n) is 4.97. The normalized spacial score (nSPS) is 20.0. The predicted molar refractivity (Wildman–Crippen MR) is 58.0 cm³/mol. The molecule has 0 spiro atoms. The summed E-state index contributed by atoms with van der Waals surface area (Å²) in [6, 6.07) is 3.88. The van der Waals surface area contributed by atoms with E-state index in [1.165, 1.54) is 0 Å². The highest BCUT2D eigenvalue weighted by molar-refractivity contribution is 7.13. The maximum absolute atomic E-state index is 11.1. The monoisotopic (exact) mass is 235 g/mol. The molecule has 1 amide bonds. The number of nitrogens with one attached hydrogen (secondary N) is 1. The average Bonchev–Trinajstić information content (AvgIpc) is 2.97. The standard InChI is InChI=1S/C10H9N3O2S/c14-8-4-6(5-11-8)10-12-9(13-15-10)7-2-1-3-16-7/h1-3,6H,4-5H2,(H,11,14)/t6-/m1/s1. The minimum Gasteiger partial charge on any atom is -0.355 e. The van der Waals surface area contributed by atoms with Crippen molar-refractivity contribution in [3.8, 4) is 10.7 Å². The second kappa shape index (κ2) is 3.71. The number of nitrogens with zero attached hydrogens (tertiary/aromatic N) is 2. The Morgan fingerprint density at radius 3 is 3.19 bits per heavy atom. The van der Waals surface area contributed by atoms with Crippen molar-refractivity contribution in [1.82, 2.24) is 15.5 Å². The number of hydrogen-bond donors (Lipinski definition) is 1. The summed E-state index contributed by atoms with van der Waals surface area (Å²) in [7, 11) is 0. The van der Waals surface area contributed by atoms with Crippen LogP contribution in [0.2, 0.25) is 0 Å². The van der Waals surface area contributed by atoms with E-state index < -0.39 is 0 Å². The maximum atomic E-state index is 11.1. The summed E-state index contributed by atoms with van der Waals surface area (Å²) in [6.07, 6.45) is 0.437. The van der Waals surface area contributed by atoms with E-state index in [9.17, 15) is 4.79 Å². The quantitative estimate of drug-likeness (QED) is 0.854. The number of carbonyl (C=O) groups excluding carboxylic acids is 1. The van der Waals surface area contributed by atoms with Gasteiger partial charge < -0.3 is 9.84 Å². The molecule has 2 aromatic rings. The molecular weight excluding hydrogens is 226 g/mol. The zero-order valence-electron chi connectivity index (χ0n) is 8.34. The van der Waals surface area contributed by atoms with Crippen molar-refractivity contribution in [2.75, 3.05) is 6.54 Å². The van der Waals surface area contributed by atoms with Crippen LogP contribution in [0.1, 0.15) is 18.2 Å². The molecule has 6 heteroatoms. The predicted octanol–water partition coefficient (Wildman–Crippen LogP) is 1.40. The summed E-state index contributed by atoms with van der Waals surface area (Å²) in [6.45, 7) is 0.588. The zero-order valence-corrected chi connectivity index (χ0v) is 9.16. The first-order valence-corrected chi connectivity index (χ1v) is 5.85. The molecule has 2 aromatic heterocycles. The second-order valence-corrected chi connectivity index (χ2v) is 4.59. The van der Waals surface area contributed by atoms with Gasteiger partial charge in [-0.15, -0.1) is 11.3 Å². The highest BCUT2D eigenvalue weighted by Crippen LogP contribution is 2.26. The van der Waals surface area contributed by atoms with Crippen LogP contribution >= 0.6 is 11.3 Å². The first-order chi connectivity index (χ1) is 7.83. The van der Waals surface area contributed by atoms with Gasteiger partial charge in [-0.3, -0.25) is 4.79 Å². The Labute approximate surface area is 95.5 Å². The lowest BCUT2D eigenvalue weighted by atomic mass is 10.1. The minimum absolute atomic E-state index is 0.0220. The molecule has 1 atom stereocenters. The molecule has 0 bridgehead atoms. The molecular formula is C10H9N3O2S. The zero-order chi connectivity index (χ0) is 11.0. The van der Waals surface area contributed by atoms with Gasteiger partial charge in [0, 0.05) is 13.0 Å². The van der Waals surface area contributed by atoms with E-state index in [0.717, 1.165) is 4.88 Å². The fourth-order valence-electron chi connectivity index (χ4n) is 1.69. The summed E-state index contributed by atoms with van der Waals surface area (Å²) < 4.78 is 5.17. The van der Waals surface area contributed by atoms with Gasteiger partial charge in [-0.05, 0) is 11.4 Å². The third-order valence-electron chi connectivity index (χ3n) is 2.51. The first kappa shape index (κ1) is 9.53. The van der Waals surface area contributed by atoms with E-state index in [2.05, 4.69) is 15.5 Å². The summed E-state index contributed by atoms with van der Waals surface area (Å²) in [4.78, 5) is 16.4. The van der Waals surface area contributed by atoms with E-state index in [4.69, 9.17) is 4.52 Å². The maximum Gasteiger partial charge on any atom is 0.232 e. The third-order valence-corrected chi connectivity index (χ3v) is 3.38. The van der Waals surface area contributed by atoms with Gasteiger partial charge in [0.2, 0.25) is 17.6 Å². The van der Waals surface area contributed by atoms with E-state index >= 15 is 0 Å². The van der Waals surface area contributed by atoms with Gasteiger partial charge in [0.05, 0.1) is 10.8 Å². The summed E-state index contributed by atoms with van der Waals surface area (Å²) >= 11 is 1.56. The lowest BCUT2D eigenvalue weighted by Gasteiger charge is -1.96. The molecule has 5 nitrogen and oxygen atoms in total. The lowest BCUT2D eigenvalue weighted by Crippen LogP contribution is -2.13. The molecule has 1 aliphatic heterocycles. The second-order valence-electron chi connectivity index (χ2n) is 3.64. The van der Waals surface area contributed by atoms with E-state index in [-0.39, 0.29) is 11.8 Å². The van der Waals surface area contributed by atoms with Crippen LogP contribution in [-0.2, 0) is 4.79 Å². The van der Waals surface area contributed by atoms with Gasteiger partial charge in [0.1, 0.15) is 0 Å². The molecule has 1 fully saturated rings. The molecule has 0 unspecified atom stereocenters.